The first-order valence-corrected chi connectivity index (χ1v) is 8.00. The lowest BCUT2D eigenvalue weighted by Crippen LogP contribution is -2.29. The fourth-order valence-corrected chi connectivity index (χ4v) is 2.82. The zero-order valence-corrected chi connectivity index (χ0v) is 12.5. The summed E-state index contributed by atoms with van der Waals surface area (Å²) in [6.45, 7) is 3.13. The van der Waals surface area contributed by atoms with Crippen LogP contribution < -0.4 is 5.32 Å². The summed E-state index contributed by atoms with van der Waals surface area (Å²) in [4.78, 5) is 13.9. The van der Waals surface area contributed by atoms with Crippen molar-refractivity contribution in [1.82, 2.24) is 10.2 Å². The lowest BCUT2D eigenvalue weighted by atomic mass is 10.1. The number of benzene rings is 1. The fraction of sp³-hybridized carbons (Fsp3) is 0.588. The van der Waals surface area contributed by atoms with Crippen molar-refractivity contribution in [3.63, 3.8) is 0 Å². The number of hydrogen-bond donors (Lipinski definition) is 1. The number of nitrogens with zero attached hydrogens (tertiary/aromatic N) is 1. The Morgan fingerprint density at radius 2 is 2.05 bits per heavy atom. The average Bonchev–Trinajstić information content (AvgIpc) is 3.22. The van der Waals surface area contributed by atoms with Crippen molar-refractivity contribution in [3.8, 4) is 0 Å². The number of nitrogens with one attached hydrogen (secondary N) is 1. The monoisotopic (exact) mass is 288 g/mol. The maximum atomic E-state index is 12.0. The van der Waals surface area contributed by atoms with Gasteiger partial charge in [0.15, 0.2) is 0 Å². The normalized spacial score (nSPS) is 21.5. The maximum absolute atomic E-state index is 12.0. The van der Waals surface area contributed by atoms with E-state index in [-0.39, 0.29) is 6.09 Å². The van der Waals surface area contributed by atoms with E-state index in [0.29, 0.717) is 12.5 Å². The van der Waals surface area contributed by atoms with E-state index in [0.717, 1.165) is 37.7 Å². The van der Waals surface area contributed by atoms with Gasteiger partial charge in [0.25, 0.3) is 0 Å². The quantitative estimate of drug-likeness (QED) is 0.875. The summed E-state index contributed by atoms with van der Waals surface area (Å²) in [6.07, 6.45) is 4.77. The van der Waals surface area contributed by atoms with E-state index in [4.69, 9.17) is 4.74 Å². The Hall–Kier alpha value is -1.55. The number of amides is 1. The SMILES string of the molecule is O=C(OCc1ccccc1)N1CC[C@H](CCNC2CC2)C1. The lowest BCUT2D eigenvalue weighted by Gasteiger charge is -2.16. The lowest BCUT2D eigenvalue weighted by molar-refractivity contribution is 0.103. The molecule has 4 nitrogen and oxygen atoms in total. The highest BCUT2D eigenvalue weighted by molar-refractivity contribution is 5.68. The molecule has 0 unspecified atom stereocenters. The van der Waals surface area contributed by atoms with Gasteiger partial charge in [-0.3, -0.25) is 0 Å². The molecule has 2 fully saturated rings. The Morgan fingerprint density at radius 1 is 1.24 bits per heavy atom. The molecule has 0 aromatic heterocycles. The van der Waals surface area contributed by atoms with Crippen molar-refractivity contribution in [2.75, 3.05) is 19.6 Å². The van der Waals surface area contributed by atoms with Crippen LogP contribution in [0.3, 0.4) is 0 Å². The van der Waals surface area contributed by atoms with Crippen molar-refractivity contribution in [2.45, 2.75) is 38.3 Å². The maximum Gasteiger partial charge on any atom is 0.410 e. The molecule has 2 aliphatic rings. The molecule has 1 aliphatic carbocycles. The molecule has 3 rings (SSSR count). The molecule has 1 saturated carbocycles. The van der Waals surface area contributed by atoms with E-state index in [1.165, 1.54) is 19.3 Å². The predicted molar refractivity (Wildman–Crippen MR) is 81.9 cm³/mol. The molecule has 1 aromatic rings. The van der Waals surface area contributed by atoms with Crippen LogP contribution >= 0.6 is 0 Å². The highest BCUT2D eigenvalue weighted by atomic mass is 16.6. The first kappa shape index (κ1) is 14.4. The van der Waals surface area contributed by atoms with E-state index >= 15 is 0 Å². The zero-order chi connectivity index (χ0) is 14.5. The first-order valence-electron chi connectivity index (χ1n) is 8.00. The van der Waals surface area contributed by atoms with Gasteiger partial charge in [0.1, 0.15) is 6.61 Å². The molecule has 1 atom stereocenters. The predicted octanol–water partition coefficient (Wildman–Crippen LogP) is 2.79. The second-order valence-corrected chi connectivity index (χ2v) is 6.16. The van der Waals surface area contributed by atoms with Gasteiger partial charge in [-0.2, -0.15) is 0 Å². The molecule has 1 N–H and O–H groups in total. The largest absolute Gasteiger partial charge is 0.445 e. The Labute approximate surface area is 126 Å². The molecule has 1 aromatic carbocycles. The van der Waals surface area contributed by atoms with Gasteiger partial charge in [-0.25, -0.2) is 4.79 Å². The standard InChI is InChI=1S/C17H24N2O2/c20-17(21-13-15-4-2-1-3-5-15)19-11-9-14(12-19)8-10-18-16-6-7-16/h1-5,14,16,18H,6-13H2/t14-/m0/s1. The van der Waals surface area contributed by atoms with Crippen LogP contribution in [0.5, 0.6) is 0 Å². The van der Waals surface area contributed by atoms with Crippen molar-refractivity contribution in [3.05, 3.63) is 35.9 Å². The molecule has 1 heterocycles. The van der Waals surface area contributed by atoms with Gasteiger partial charge >= 0.3 is 6.09 Å². The minimum atomic E-state index is -0.170. The second kappa shape index (κ2) is 6.94. The molecule has 0 radical (unpaired) electrons. The first-order chi connectivity index (χ1) is 10.3. The van der Waals surface area contributed by atoms with Crippen LogP contribution in [0, 0.1) is 5.92 Å². The van der Waals surface area contributed by atoms with Gasteiger partial charge in [-0.15, -0.1) is 0 Å². The van der Waals surface area contributed by atoms with Gasteiger partial charge < -0.3 is 15.0 Å². The van der Waals surface area contributed by atoms with Crippen LogP contribution in [-0.4, -0.2) is 36.7 Å². The number of carbonyl (C=O) groups excluding carboxylic acids is 1. The molecule has 4 heteroatoms. The van der Waals surface area contributed by atoms with Crippen molar-refractivity contribution in [2.24, 2.45) is 5.92 Å². The molecule has 114 valence electrons. The van der Waals surface area contributed by atoms with Crippen LogP contribution in [0.2, 0.25) is 0 Å². The third-order valence-electron chi connectivity index (χ3n) is 4.31. The van der Waals surface area contributed by atoms with Crippen LogP contribution in [0.4, 0.5) is 4.79 Å². The minimum absolute atomic E-state index is 0.170. The van der Waals surface area contributed by atoms with E-state index in [1.54, 1.807) is 0 Å². The number of carbonyl (C=O) groups is 1. The molecule has 1 saturated heterocycles. The van der Waals surface area contributed by atoms with Crippen LogP contribution in [0.1, 0.15) is 31.2 Å². The fourth-order valence-electron chi connectivity index (χ4n) is 2.82. The number of ether oxygens (including phenoxy) is 1. The number of likely N-dealkylation sites (tertiary alicyclic amines) is 1. The Kier molecular flexibility index (Phi) is 4.76. The molecular formula is C17H24N2O2. The van der Waals surface area contributed by atoms with E-state index < -0.39 is 0 Å². The van der Waals surface area contributed by atoms with E-state index in [9.17, 15) is 4.79 Å². The van der Waals surface area contributed by atoms with Crippen LogP contribution in [0.15, 0.2) is 30.3 Å². The molecule has 0 bridgehead atoms. The van der Waals surface area contributed by atoms with Crippen molar-refractivity contribution < 1.29 is 9.53 Å². The van der Waals surface area contributed by atoms with Crippen molar-refractivity contribution >= 4 is 6.09 Å². The smallest absolute Gasteiger partial charge is 0.410 e. The topological polar surface area (TPSA) is 41.6 Å². The molecule has 21 heavy (non-hydrogen) atoms. The van der Waals surface area contributed by atoms with E-state index in [1.807, 2.05) is 35.2 Å². The summed E-state index contributed by atoms with van der Waals surface area (Å²) < 4.78 is 5.38. The van der Waals surface area contributed by atoms with E-state index in [2.05, 4.69) is 5.32 Å². The summed E-state index contributed by atoms with van der Waals surface area (Å²) in [5.41, 5.74) is 1.04. The van der Waals surface area contributed by atoms with Gasteiger partial charge in [-0.1, -0.05) is 30.3 Å². The highest BCUT2D eigenvalue weighted by Gasteiger charge is 2.27. The van der Waals surface area contributed by atoms with Crippen LogP contribution in [0.25, 0.3) is 0 Å². The Bertz CT molecular complexity index is 459. The molecule has 0 spiro atoms. The summed E-state index contributed by atoms with van der Waals surface area (Å²) in [6, 6.07) is 10.6. The minimum Gasteiger partial charge on any atom is -0.445 e. The van der Waals surface area contributed by atoms with Gasteiger partial charge in [0.2, 0.25) is 0 Å². The molecule has 1 amide bonds. The summed E-state index contributed by atoms with van der Waals surface area (Å²) >= 11 is 0. The average molecular weight is 288 g/mol. The molecular weight excluding hydrogens is 264 g/mol. The number of rotatable bonds is 6. The highest BCUT2D eigenvalue weighted by Crippen LogP contribution is 2.22. The summed E-state index contributed by atoms with van der Waals surface area (Å²) in [5, 5.41) is 3.54. The molecule has 1 aliphatic heterocycles. The number of hydrogen-bond acceptors (Lipinski definition) is 3. The summed E-state index contributed by atoms with van der Waals surface area (Å²) in [5.74, 6) is 0.625. The van der Waals surface area contributed by atoms with Gasteiger partial charge in [0, 0.05) is 19.1 Å². The Balaban J connectivity index is 1.35. The third-order valence-corrected chi connectivity index (χ3v) is 4.31. The zero-order valence-electron chi connectivity index (χ0n) is 12.5. The third kappa shape index (κ3) is 4.46. The summed E-state index contributed by atoms with van der Waals surface area (Å²) in [7, 11) is 0. The van der Waals surface area contributed by atoms with Gasteiger partial charge in [-0.05, 0) is 43.7 Å². The van der Waals surface area contributed by atoms with Crippen LogP contribution in [-0.2, 0) is 11.3 Å². The Morgan fingerprint density at radius 3 is 2.81 bits per heavy atom. The van der Waals surface area contributed by atoms with Gasteiger partial charge in [0.05, 0.1) is 0 Å². The second-order valence-electron chi connectivity index (χ2n) is 6.16. The van der Waals surface area contributed by atoms with Crippen molar-refractivity contribution in [1.29, 1.82) is 0 Å².